The lowest BCUT2D eigenvalue weighted by Gasteiger charge is -2.23. The molecule has 9 heteroatoms. The van der Waals surface area contributed by atoms with E-state index in [1.54, 1.807) is 60.7 Å². The number of halogens is 2. The summed E-state index contributed by atoms with van der Waals surface area (Å²) in [6.45, 7) is 0.314. The highest BCUT2D eigenvalue weighted by Gasteiger charge is 2.36. The molecule has 0 radical (unpaired) electrons. The van der Waals surface area contributed by atoms with Gasteiger partial charge in [0.05, 0.1) is 27.6 Å². The summed E-state index contributed by atoms with van der Waals surface area (Å²) in [6, 6.07) is 24.4. The lowest BCUT2D eigenvalue weighted by atomic mass is 10.1. The van der Waals surface area contributed by atoms with E-state index >= 15 is 0 Å². The zero-order chi connectivity index (χ0) is 26.2. The molecule has 186 valence electrons. The Balaban J connectivity index is 1.57. The van der Waals surface area contributed by atoms with E-state index in [1.807, 2.05) is 0 Å². The fourth-order valence-electron chi connectivity index (χ4n) is 4.21. The lowest BCUT2D eigenvalue weighted by molar-refractivity contribution is 0.0947. The summed E-state index contributed by atoms with van der Waals surface area (Å²) in [5, 5.41) is 3.91. The number of hydrogen-bond donors (Lipinski definition) is 1. The third kappa shape index (κ3) is 4.98. The molecule has 0 bridgehead atoms. The van der Waals surface area contributed by atoms with Gasteiger partial charge in [-0.3, -0.25) is 9.59 Å². The smallest absolute Gasteiger partial charge is 0.259 e. The molecule has 5 rings (SSSR count). The van der Waals surface area contributed by atoms with Crippen LogP contribution in [-0.4, -0.2) is 20.2 Å². The monoisotopic (exact) mass is 550 g/mol. The molecule has 0 saturated heterocycles. The molecule has 0 fully saturated rings. The third-order valence-corrected chi connectivity index (χ3v) is 8.40. The van der Waals surface area contributed by atoms with E-state index in [0.717, 1.165) is 5.56 Å². The number of benzene rings is 4. The third-order valence-electron chi connectivity index (χ3n) is 6.05. The second kappa shape index (κ2) is 10.0. The Hall–Kier alpha value is -3.65. The first kappa shape index (κ1) is 25.0. The zero-order valence-corrected chi connectivity index (χ0v) is 21.6. The van der Waals surface area contributed by atoms with Crippen molar-refractivity contribution in [3.8, 4) is 0 Å². The predicted octanol–water partition coefficient (Wildman–Crippen LogP) is 5.92. The topological polar surface area (TPSA) is 83.6 Å². The minimum absolute atomic E-state index is 0.0536. The maximum absolute atomic E-state index is 13.7. The SMILES string of the molecule is O=C(NCc1ccc(Cl)cc1)c1ccc2c(c1)N(Cc1cccc(Cl)c1)C(=O)c1ccccc1S2(=O)=O. The molecule has 0 unspecified atom stereocenters. The van der Waals surface area contributed by atoms with Crippen molar-refractivity contribution in [3.63, 3.8) is 0 Å². The first-order chi connectivity index (χ1) is 17.7. The number of rotatable bonds is 5. The number of nitrogens with one attached hydrogen (secondary N) is 1. The normalized spacial score (nSPS) is 13.9. The second-order valence-electron chi connectivity index (χ2n) is 8.51. The molecule has 1 aliphatic rings. The fourth-order valence-corrected chi connectivity index (χ4v) is 6.18. The van der Waals surface area contributed by atoms with Crippen molar-refractivity contribution in [1.29, 1.82) is 0 Å². The van der Waals surface area contributed by atoms with E-state index in [1.165, 1.54) is 35.2 Å². The van der Waals surface area contributed by atoms with Crippen LogP contribution in [0.3, 0.4) is 0 Å². The minimum atomic E-state index is -4.04. The molecule has 1 aliphatic heterocycles. The average Bonchev–Trinajstić information content (AvgIpc) is 2.96. The molecule has 37 heavy (non-hydrogen) atoms. The second-order valence-corrected chi connectivity index (χ2v) is 11.3. The van der Waals surface area contributed by atoms with Gasteiger partial charge in [0.25, 0.3) is 11.8 Å². The molecule has 0 atom stereocenters. The van der Waals surface area contributed by atoms with Gasteiger partial charge in [0.2, 0.25) is 9.84 Å². The molecule has 2 amide bonds. The molecule has 1 N–H and O–H groups in total. The van der Waals surface area contributed by atoms with Crippen molar-refractivity contribution in [2.75, 3.05) is 4.90 Å². The summed E-state index contributed by atoms with van der Waals surface area (Å²) in [5.41, 5.74) is 1.97. The first-order valence-electron chi connectivity index (χ1n) is 11.3. The Labute approximate surface area is 224 Å². The van der Waals surface area contributed by atoms with Crippen molar-refractivity contribution in [1.82, 2.24) is 5.32 Å². The van der Waals surface area contributed by atoms with E-state index in [-0.39, 0.29) is 39.7 Å². The quantitative estimate of drug-likeness (QED) is 0.334. The summed E-state index contributed by atoms with van der Waals surface area (Å²) in [6.07, 6.45) is 0. The first-order valence-corrected chi connectivity index (χ1v) is 13.5. The molecule has 0 saturated carbocycles. The molecule has 0 spiro atoms. The molecule has 4 aromatic carbocycles. The van der Waals surface area contributed by atoms with Crippen LogP contribution in [0.2, 0.25) is 10.0 Å². The van der Waals surface area contributed by atoms with E-state index < -0.39 is 21.7 Å². The van der Waals surface area contributed by atoms with E-state index in [2.05, 4.69) is 5.32 Å². The number of hydrogen-bond acceptors (Lipinski definition) is 4. The Morgan fingerprint density at radius 3 is 2.30 bits per heavy atom. The summed E-state index contributed by atoms with van der Waals surface area (Å²) in [5.74, 6) is -0.899. The maximum atomic E-state index is 13.7. The molecule has 0 aliphatic carbocycles. The predicted molar refractivity (Wildman–Crippen MR) is 143 cm³/mol. The van der Waals surface area contributed by atoms with Crippen LogP contribution in [0, 0.1) is 0 Å². The van der Waals surface area contributed by atoms with Crippen LogP contribution < -0.4 is 10.2 Å². The van der Waals surface area contributed by atoms with Crippen LogP contribution in [0.4, 0.5) is 5.69 Å². The van der Waals surface area contributed by atoms with E-state index in [9.17, 15) is 18.0 Å². The minimum Gasteiger partial charge on any atom is -0.348 e. The zero-order valence-electron chi connectivity index (χ0n) is 19.3. The Morgan fingerprint density at radius 1 is 0.784 bits per heavy atom. The van der Waals surface area contributed by atoms with Crippen LogP contribution in [-0.2, 0) is 22.9 Å². The highest BCUT2D eigenvalue weighted by Crippen LogP contribution is 2.38. The van der Waals surface area contributed by atoms with Crippen LogP contribution >= 0.6 is 23.2 Å². The van der Waals surface area contributed by atoms with E-state index in [4.69, 9.17) is 23.2 Å². The summed E-state index contributed by atoms with van der Waals surface area (Å²) < 4.78 is 27.2. The number of anilines is 1. The number of carbonyl (C=O) groups is 2. The summed E-state index contributed by atoms with van der Waals surface area (Å²) in [7, 11) is -4.04. The van der Waals surface area contributed by atoms with Crippen LogP contribution in [0.1, 0.15) is 31.8 Å². The Morgan fingerprint density at radius 2 is 1.54 bits per heavy atom. The van der Waals surface area contributed by atoms with Crippen LogP contribution in [0.25, 0.3) is 0 Å². The highest BCUT2D eigenvalue weighted by atomic mass is 35.5. The van der Waals surface area contributed by atoms with Crippen molar-refractivity contribution in [3.05, 3.63) is 123 Å². The van der Waals surface area contributed by atoms with Crippen LogP contribution in [0.15, 0.2) is 101 Å². The highest BCUT2D eigenvalue weighted by molar-refractivity contribution is 7.91. The number of amides is 2. The van der Waals surface area contributed by atoms with Gasteiger partial charge in [-0.25, -0.2) is 8.42 Å². The molecular weight excluding hydrogens is 531 g/mol. The fraction of sp³-hybridized carbons (Fsp3) is 0.0714. The summed E-state index contributed by atoms with van der Waals surface area (Å²) in [4.78, 5) is 28.0. The van der Waals surface area contributed by atoms with Gasteiger partial charge in [-0.1, -0.05) is 59.6 Å². The Kier molecular flexibility index (Phi) is 6.77. The maximum Gasteiger partial charge on any atom is 0.259 e. The number of fused-ring (bicyclic) bond motifs is 2. The molecular formula is C28H20Cl2N2O4S. The average molecular weight is 551 g/mol. The van der Waals surface area contributed by atoms with Gasteiger partial charge in [-0.05, 0) is 65.7 Å². The van der Waals surface area contributed by atoms with Gasteiger partial charge in [-0.2, -0.15) is 0 Å². The lowest BCUT2D eigenvalue weighted by Crippen LogP contribution is -2.31. The van der Waals surface area contributed by atoms with E-state index in [0.29, 0.717) is 15.6 Å². The molecule has 0 aromatic heterocycles. The van der Waals surface area contributed by atoms with Crippen LogP contribution in [0.5, 0.6) is 0 Å². The van der Waals surface area contributed by atoms with Gasteiger partial charge in [-0.15, -0.1) is 0 Å². The molecule has 1 heterocycles. The number of sulfone groups is 1. The molecule has 6 nitrogen and oxygen atoms in total. The van der Waals surface area contributed by atoms with Gasteiger partial charge < -0.3 is 10.2 Å². The van der Waals surface area contributed by atoms with Crippen molar-refractivity contribution in [2.24, 2.45) is 0 Å². The van der Waals surface area contributed by atoms with Gasteiger partial charge in [0.1, 0.15) is 0 Å². The summed E-state index contributed by atoms with van der Waals surface area (Å²) >= 11 is 12.1. The number of carbonyl (C=O) groups excluding carboxylic acids is 2. The van der Waals surface area contributed by atoms with Gasteiger partial charge >= 0.3 is 0 Å². The van der Waals surface area contributed by atoms with Crippen molar-refractivity contribution in [2.45, 2.75) is 22.9 Å². The van der Waals surface area contributed by atoms with Gasteiger partial charge in [0.15, 0.2) is 0 Å². The van der Waals surface area contributed by atoms with Gasteiger partial charge in [0, 0.05) is 22.2 Å². The standard InChI is InChI=1S/C28H20Cl2N2O4S/c29-21-11-8-18(9-12-21)16-31-27(33)20-10-13-26-24(15-20)32(17-19-4-3-5-22(30)14-19)28(34)23-6-1-2-7-25(23)37(26,35)36/h1-15H,16-17H2,(H,31,33). The Bertz CT molecular complexity index is 1640. The molecule has 4 aromatic rings. The van der Waals surface area contributed by atoms with Crippen molar-refractivity contribution < 1.29 is 18.0 Å². The largest absolute Gasteiger partial charge is 0.348 e. The number of nitrogens with zero attached hydrogens (tertiary/aromatic N) is 1. The van der Waals surface area contributed by atoms with Crippen molar-refractivity contribution >= 4 is 50.5 Å².